The van der Waals surface area contributed by atoms with Gasteiger partial charge in [-0.2, -0.15) is 0 Å². The topological polar surface area (TPSA) is 22.0 Å². The van der Waals surface area contributed by atoms with Crippen LogP contribution in [0.15, 0.2) is 59.5 Å². The second kappa shape index (κ2) is 4.56. The molecule has 0 aliphatic carbocycles. The second-order valence-corrected chi connectivity index (χ2v) is 4.95. The molecule has 0 atom stereocenters. The van der Waals surface area contributed by atoms with E-state index in [9.17, 15) is 4.79 Å². The summed E-state index contributed by atoms with van der Waals surface area (Å²) in [6.45, 7) is 0. The van der Waals surface area contributed by atoms with Crippen molar-refractivity contribution >= 4 is 22.4 Å². The van der Waals surface area contributed by atoms with Crippen molar-refractivity contribution < 1.29 is 0 Å². The lowest BCUT2D eigenvalue weighted by Crippen LogP contribution is -2.16. The fourth-order valence-corrected chi connectivity index (χ4v) is 2.46. The molecule has 0 aliphatic heterocycles. The zero-order valence-corrected chi connectivity index (χ0v) is 11.2. The number of fused-ring (bicyclic) bond motifs is 1. The number of benzene rings is 2. The van der Waals surface area contributed by atoms with Crippen LogP contribution < -0.4 is 5.56 Å². The highest BCUT2D eigenvalue weighted by Crippen LogP contribution is 2.28. The van der Waals surface area contributed by atoms with Gasteiger partial charge >= 0.3 is 0 Å². The predicted molar refractivity (Wildman–Crippen MR) is 79.6 cm³/mol. The quantitative estimate of drug-likeness (QED) is 0.657. The van der Waals surface area contributed by atoms with Crippen LogP contribution in [0.5, 0.6) is 0 Å². The minimum absolute atomic E-state index is 0.00801. The summed E-state index contributed by atoms with van der Waals surface area (Å²) in [5.41, 5.74) is 2.08. The van der Waals surface area contributed by atoms with E-state index < -0.39 is 0 Å². The van der Waals surface area contributed by atoms with Crippen LogP contribution >= 0.6 is 11.6 Å². The van der Waals surface area contributed by atoms with Gasteiger partial charge in [0.1, 0.15) is 0 Å². The monoisotopic (exact) mass is 269 g/mol. The number of halogens is 1. The fourth-order valence-electron chi connectivity index (χ4n) is 2.29. The van der Waals surface area contributed by atoms with Gasteiger partial charge in [-0.3, -0.25) is 4.79 Å². The Balaban J connectivity index is 2.45. The first kappa shape index (κ1) is 12.0. The Labute approximate surface area is 115 Å². The summed E-state index contributed by atoms with van der Waals surface area (Å²) < 4.78 is 1.61. The number of rotatable bonds is 1. The molecule has 3 heteroatoms. The van der Waals surface area contributed by atoms with E-state index in [0.717, 1.165) is 16.5 Å². The van der Waals surface area contributed by atoms with E-state index in [1.807, 2.05) is 42.6 Å². The maximum absolute atomic E-state index is 12.1. The SMILES string of the molecule is Cn1cc(-c2ccccc2)c2cc(Cl)ccc2c1=O. The van der Waals surface area contributed by atoms with Crippen molar-refractivity contribution in [2.24, 2.45) is 7.05 Å². The zero-order chi connectivity index (χ0) is 13.4. The van der Waals surface area contributed by atoms with Gasteiger partial charge in [-0.05, 0) is 29.1 Å². The van der Waals surface area contributed by atoms with Gasteiger partial charge in [0.15, 0.2) is 0 Å². The standard InChI is InChI=1S/C16H12ClNO/c1-18-10-15(11-5-3-2-4-6-11)14-9-12(17)7-8-13(14)16(18)19/h2-10H,1H3. The molecule has 3 rings (SSSR count). The molecule has 0 fully saturated rings. The minimum Gasteiger partial charge on any atom is -0.317 e. The molecule has 94 valence electrons. The molecule has 0 unspecified atom stereocenters. The molecular weight excluding hydrogens is 258 g/mol. The van der Waals surface area contributed by atoms with Gasteiger partial charge in [0.2, 0.25) is 0 Å². The summed E-state index contributed by atoms with van der Waals surface area (Å²) in [5, 5.41) is 2.22. The summed E-state index contributed by atoms with van der Waals surface area (Å²) in [7, 11) is 1.77. The first-order valence-electron chi connectivity index (χ1n) is 6.01. The molecule has 3 aromatic rings. The largest absolute Gasteiger partial charge is 0.317 e. The summed E-state index contributed by atoms with van der Waals surface area (Å²) in [4.78, 5) is 12.1. The van der Waals surface area contributed by atoms with Gasteiger partial charge < -0.3 is 4.57 Å². The van der Waals surface area contributed by atoms with Crippen molar-refractivity contribution in [2.45, 2.75) is 0 Å². The average molecular weight is 270 g/mol. The Kier molecular flexibility index (Phi) is 2.88. The van der Waals surface area contributed by atoms with Crippen molar-refractivity contribution in [2.75, 3.05) is 0 Å². The lowest BCUT2D eigenvalue weighted by Gasteiger charge is -2.09. The van der Waals surface area contributed by atoms with Crippen molar-refractivity contribution in [1.82, 2.24) is 4.57 Å². The lowest BCUT2D eigenvalue weighted by atomic mass is 10.0. The van der Waals surface area contributed by atoms with Crippen LogP contribution in [-0.2, 0) is 7.05 Å². The van der Waals surface area contributed by atoms with Crippen LogP contribution in [0.3, 0.4) is 0 Å². The molecule has 0 amide bonds. The van der Waals surface area contributed by atoms with E-state index in [1.165, 1.54) is 0 Å². The number of hydrogen-bond donors (Lipinski definition) is 0. The van der Waals surface area contributed by atoms with E-state index in [-0.39, 0.29) is 5.56 Å². The number of nitrogens with zero attached hydrogens (tertiary/aromatic N) is 1. The van der Waals surface area contributed by atoms with E-state index in [4.69, 9.17) is 11.6 Å². The normalized spacial score (nSPS) is 10.8. The van der Waals surface area contributed by atoms with E-state index in [0.29, 0.717) is 10.4 Å². The number of hydrogen-bond acceptors (Lipinski definition) is 1. The fraction of sp³-hybridized carbons (Fsp3) is 0.0625. The number of aromatic nitrogens is 1. The van der Waals surface area contributed by atoms with Crippen LogP contribution in [0.4, 0.5) is 0 Å². The molecule has 0 radical (unpaired) electrons. The molecule has 1 aromatic heterocycles. The zero-order valence-electron chi connectivity index (χ0n) is 10.4. The van der Waals surface area contributed by atoms with Crippen molar-refractivity contribution in [3.8, 4) is 11.1 Å². The predicted octanol–water partition coefficient (Wildman–Crippen LogP) is 3.86. The van der Waals surface area contributed by atoms with E-state index >= 15 is 0 Å². The summed E-state index contributed by atoms with van der Waals surface area (Å²) in [6, 6.07) is 15.4. The second-order valence-electron chi connectivity index (χ2n) is 4.51. The summed E-state index contributed by atoms with van der Waals surface area (Å²) in [5.74, 6) is 0. The molecule has 0 saturated heterocycles. The number of pyridine rings is 1. The molecule has 19 heavy (non-hydrogen) atoms. The third kappa shape index (κ3) is 2.04. The van der Waals surface area contributed by atoms with Gasteiger partial charge in [0, 0.05) is 29.2 Å². The third-order valence-corrected chi connectivity index (χ3v) is 3.47. The molecular formula is C16H12ClNO. The highest BCUT2D eigenvalue weighted by molar-refractivity contribution is 6.31. The Hall–Kier alpha value is -2.06. The molecule has 0 N–H and O–H groups in total. The third-order valence-electron chi connectivity index (χ3n) is 3.23. The van der Waals surface area contributed by atoms with Gasteiger partial charge in [-0.1, -0.05) is 41.9 Å². The van der Waals surface area contributed by atoms with Gasteiger partial charge in [0.25, 0.3) is 5.56 Å². The van der Waals surface area contributed by atoms with E-state index in [2.05, 4.69) is 0 Å². The molecule has 2 aromatic carbocycles. The number of aryl methyl sites for hydroxylation is 1. The summed E-state index contributed by atoms with van der Waals surface area (Å²) >= 11 is 6.06. The maximum atomic E-state index is 12.1. The molecule has 2 nitrogen and oxygen atoms in total. The molecule has 0 spiro atoms. The molecule has 0 saturated carbocycles. The van der Waals surface area contributed by atoms with Crippen LogP contribution in [0.2, 0.25) is 5.02 Å². The Bertz CT molecular complexity index is 806. The smallest absolute Gasteiger partial charge is 0.258 e. The van der Waals surface area contributed by atoms with Crippen molar-refractivity contribution in [1.29, 1.82) is 0 Å². The highest BCUT2D eigenvalue weighted by atomic mass is 35.5. The molecule has 0 bridgehead atoms. The first-order chi connectivity index (χ1) is 9.16. The highest BCUT2D eigenvalue weighted by Gasteiger charge is 2.09. The Morgan fingerprint density at radius 2 is 1.74 bits per heavy atom. The summed E-state index contributed by atoms with van der Waals surface area (Å²) in [6.07, 6.45) is 1.86. The van der Waals surface area contributed by atoms with Crippen LogP contribution in [0.25, 0.3) is 21.9 Å². The lowest BCUT2D eigenvalue weighted by molar-refractivity contribution is 0.875. The van der Waals surface area contributed by atoms with Crippen LogP contribution in [0, 0.1) is 0 Å². The molecule has 0 aliphatic rings. The Morgan fingerprint density at radius 1 is 1.00 bits per heavy atom. The van der Waals surface area contributed by atoms with Crippen LogP contribution in [-0.4, -0.2) is 4.57 Å². The maximum Gasteiger partial charge on any atom is 0.258 e. The minimum atomic E-state index is -0.00801. The van der Waals surface area contributed by atoms with Gasteiger partial charge in [-0.25, -0.2) is 0 Å². The Morgan fingerprint density at radius 3 is 2.47 bits per heavy atom. The van der Waals surface area contributed by atoms with Crippen LogP contribution in [0.1, 0.15) is 0 Å². The molecule has 1 heterocycles. The van der Waals surface area contributed by atoms with Crippen molar-refractivity contribution in [3.05, 3.63) is 70.1 Å². The average Bonchev–Trinajstić information content (AvgIpc) is 2.43. The first-order valence-corrected chi connectivity index (χ1v) is 6.39. The van der Waals surface area contributed by atoms with Gasteiger partial charge in [0.05, 0.1) is 0 Å². The van der Waals surface area contributed by atoms with Crippen molar-refractivity contribution in [3.63, 3.8) is 0 Å². The van der Waals surface area contributed by atoms with E-state index in [1.54, 1.807) is 23.7 Å². The van der Waals surface area contributed by atoms with Gasteiger partial charge in [-0.15, -0.1) is 0 Å².